The molecule has 0 aliphatic heterocycles. The molecule has 0 spiro atoms. The molecular formula is C82H160O17P2. The number of esters is 4. The molecule has 0 aliphatic carbocycles. The zero-order valence-electron chi connectivity index (χ0n) is 66.2. The third-order valence-corrected chi connectivity index (χ3v) is 21.5. The van der Waals surface area contributed by atoms with Crippen LogP contribution in [0.4, 0.5) is 0 Å². The van der Waals surface area contributed by atoms with Gasteiger partial charge in [0.1, 0.15) is 19.3 Å². The summed E-state index contributed by atoms with van der Waals surface area (Å²) >= 11 is 0. The first-order valence-corrected chi connectivity index (χ1v) is 45.5. The minimum Gasteiger partial charge on any atom is -0.462 e. The maximum atomic E-state index is 13.1. The molecule has 600 valence electrons. The highest BCUT2D eigenvalue weighted by Gasteiger charge is 2.30. The van der Waals surface area contributed by atoms with Crippen molar-refractivity contribution in [1.29, 1.82) is 0 Å². The molecule has 0 aromatic carbocycles. The SMILES string of the molecule is CCCCCCCCCCCCCCCCCCCCCC(=O)O[C@H](COC(=O)CCCCCCCCCCCCCCCCC(C)C)COP(=O)(O)OC[C@@H](O)COP(=O)(O)OC[C@@H](COC(=O)CCCCCCCCCCCCC)OC(=O)CCCCCCCCCCCCC(C)CC. The standard InChI is InChI=1S/C82H160O17P2/c1-7-10-12-14-16-18-20-21-22-23-24-25-26-31-35-42-48-54-60-66-81(86)98-77(71-93-80(85)65-59-53-47-41-34-30-28-27-29-33-38-44-50-56-62-74(4)5)72-96-100(88,89)94-68-76(83)69-95-101(90,91)97-73-78(70-92-79(84)64-58-52-46-40-32-19-17-15-13-11-8-2)99-82(87)67-61-55-49-43-37-36-39-45-51-57-63-75(6)9-3/h74-78,83H,7-73H2,1-6H3,(H,88,89)(H,90,91)/t75?,76-,77-,78-/m1/s1. The molecule has 0 saturated heterocycles. The molecule has 0 aromatic heterocycles. The maximum absolute atomic E-state index is 13.1. The number of rotatable bonds is 81. The number of phosphoric ester groups is 2. The Kier molecular flexibility index (Phi) is 72.2. The van der Waals surface area contributed by atoms with Crippen LogP contribution in [0.3, 0.4) is 0 Å². The number of carbonyl (C=O) groups is 4. The largest absolute Gasteiger partial charge is 0.472 e. The Bertz CT molecular complexity index is 1940. The normalized spacial score (nSPS) is 14.2. The molecule has 19 heteroatoms. The fourth-order valence-electron chi connectivity index (χ4n) is 12.7. The lowest BCUT2D eigenvalue weighted by molar-refractivity contribution is -0.161. The van der Waals surface area contributed by atoms with Crippen LogP contribution in [0.15, 0.2) is 0 Å². The van der Waals surface area contributed by atoms with Crippen LogP contribution < -0.4 is 0 Å². The van der Waals surface area contributed by atoms with Gasteiger partial charge in [-0.3, -0.25) is 37.3 Å². The first kappa shape index (κ1) is 99.1. The maximum Gasteiger partial charge on any atom is 0.472 e. The van der Waals surface area contributed by atoms with Gasteiger partial charge < -0.3 is 33.8 Å². The van der Waals surface area contributed by atoms with Gasteiger partial charge in [-0.15, -0.1) is 0 Å². The quantitative estimate of drug-likeness (QED) is 0.0222. The van der Waals surface area contributed by atoms with E-state index in [1.54, 1.807) is 0 Å². The lowest BCUT2D eigenvalue weighted by atomic mass is 9.99. The monoisotopic (exact) mass is 1480 g/mol. The number of hydrogen-bond acceptors (Lipinski definition) is 15. The number of ether oxygens (including phenoxy) is 4. The number of hydrogen-bond donors (Lipinski definition) is 3. The van der Waals surface area contributed by atoms with E-state index in [4.69, 9.17) is 37.0 Å². The molecular weight excluding hydrogens is 1320 g/mol. The third-order valence-electron chi connectivity index (χ3n) is 19.6. The summed E-state index contributed by atoms with van der Waals surface area (Å²) in [6.45, 7) is 9.69. The summed E-state index contributed by atoms with van der Waals surface area (Å²) in [5.74, 6) is -0.504. The minimum atomic E-state index is -4.96. The van der Waals surface area contributed by atoms with E-state index in [9.17, 15) is 43.2 Å². The van der Waals surface area contributed by atoms with Crippen molar-refractivity contribution in [3.63, 3.8) is 0 Å². The van der Waals surface area contributed by atoms with Crippen LogP contribution in [-0.4, -0.2) is 96.7 Å². The molecule has 6 atom stereocenters. The van der Waals surface area contributed by atoms with E-state index in [0.717, 1.165) is 102 Å². The van der Waals surface area contributed by atoms with Crippen molar-refractivity contribution in [2.45, 2.75) is 452 Å². The van der Waals surface area contributed by atoms with Gasteiger partial charge in [0.05, 0.1) is 26.4 Å². The summed E-state index contributed by atoms with van der Waals surface area (Å²) in [5.41, 5.74) is 0. The van der Waals surface area contributed by atoms with Gasteiger partial charge in [-0.2, -0.15) is 0 Å². The first-order chi connectivity index (χ1) is 48.9. The predicted molar refractivity (Wildman–Crippen MR) is 414 cm³/mol. The zero-order valence-corrected chi connectivity index (χ0v) is 68.0. The molecule has 0 fully saturated rings. The molecule has 3 N–H and O–H groups in total. The van der Waals surface area contributed by atoms with E-state index in [2.05, 4.69) is 41.5 Å². The van der Waals surface area contributed by atoms with Gasteiger partial charge in [-0.1, -0.05) is 382 Å². The summed E-state index contributed by atoms with van der Waals surface area (Å²) in [4.78, 5) is 73.1. The van der Waals surface area contributed by atoms with Crippen LogP contribution in [0.1, 0.15) is 433 Å². The van der Waals surface area contributed by atoms with Crippen molar-refractivity contribution in [2.75, 3.05) is 39.6 Å². The van der Waals surface area contributed by atoms with Crippen molar-refractivity contribution >= 4 is 39.5 Å². The fraction of sp³-hybridized carbons (Fsp3) is 0.951. The van der Waals surface area contributed by atoms with Crippen molar-refractivity contribution in [3.05, 3.63) is 0 Å². The number of carbonyl (C=O) groups excluding carboxylic acids is 4. The Balaban J connectivity index is 5.25. The van der Waals surface area contributed by atoms with E-state index in [1.165, 1.54) is 250 Å². The van der Waals surface area contributed by atoms with Crippen molar-refractivity contribution < 1.29 is 80.2 Å². The van der Waals surface area contributed by atoms with Crippen molar-refractivity contribution in [2.24, 2.45) is 11.8 Å². The molecule has 0 radical (unpaired) electrons. The van der Waals surface area contributed by atoms with Crippen molar-refractivity contribution in [1.82, 2.24) is 0 Å². The first-order valence-electron chi connectivity index (χ1n) is 42.5. The van der Waals surface area contributed by atoms with E-state index >= 15 is 0 Å². The van der Waals surface area contributed by atoms with Gasteiger partial charge in [0, 0.05) is 25.7 Å². The molecule has 0 aliphatic rings. The van der Waals surface area contributed by atoms with Crippen LogP contribution in [0.2, 0.25) is 0 Å². The van der Waals surface area contributed by atoms with E-state index in [0.29, 0.717) is 25.7 Å². The van der Waals surface area contributed by atoms with E-state index in [1.807, 2.05) is 0 Å². The molecule has 0 amide bonds. The highest BCUT2D eigenvalue weighted by molar-refractivity contribution is 7.47. The Morgan fingerprint density at radius 1 is 0.287 bits per heavy atom. The average Bonchev–Trinajstić information content (AvgIpc) is 2.88. The molecule has 0 rings (SSSR count). The second-order valence-electron chi connectivity index (χ2n) is 30.2. The van der Waals surface area contributed by atoms with Gasteiger partial charge in [-0.25, -0.2) is 9.13 Å². The molecule has 0 aromatic rings. The zero-order chi connectivity index (χ0) is 74.2. The molecule has 101 heavy (non-hydrogen) atoms. The molecule has 0 heterocycles. The van der Waals surface area contributed by atoms with Gasteiger partial charge >= 0.3 is 39.5 Å². The molecule has 3 unspecified atom stereocenters. The predicted octanol–water partition coefficient (Wildman–Crippen LogP) is 24.7. The summed E-state index contributed by atoms with van der Waals surface area (Å²) in [5, 5.41) is 10.7. The summed E-state index contributed by atoms with van der Waals surface area (Å²) in [6.07, 6.45) is 63.7. The Labute approximate surface area is 619 Å². The number of aliphatic hydroxyl groups is 1. The third kappa shape index (κ3) is 74.7. The lowest BCUT2D eigenvalue weighted by Gasteiger charge is -2.21. The number of unbranched alkanes of at least 4 members (excludes halogenated alkanes) is 50. The summed E-state index contributed by atoms with van der Waals surface area (Å²) in [6, 6.07) is 0. The Morgan fingerprint density at radius 2 is 0.505 bits per heavy atom. The second-order valence-corrected chi connectivity index (χ2v) is 33.1. The highest BCUT2D eigenvalue weighted by atomic mass is 31.2. The second kappa shape index (κ2) is 73.6. The van der Waals surface area contributed by atoms with Crippen LogP contribution in [0.25, 0.3) is 0 Å². The topological polar surface area (TPSA) is 237 Å². The molecule has 0 bridgehead atoms. The summed E-state index contributed by atoms with van der Waals surface area (Å²) < 4.78 is 68.8. The van der Waals surface area contributed by atoms with E-state index in [-0.39, 0.29) is 25.7 Å². The van der Waals surface area contributed by atoms with Crippen LogP contribution >= 0.6 is 15.6 Å². The van der Waals surface area contributed by atoms with E-state index < -0.39 is 97.5 Å². The smallest absolute Gasteiger partial charge is 0.462 e. The van der Waals surface area contributed by atoms with Gasteiger partial charge in [0.15, 0.2) is 12.2 Å². The Morgan fingerprint density at radius 3 is 0.752 bits per heavy atom. The minimum absolute atomic E-state index is 0.107. The highest BCUT2D eigenvalue weighted by Crippen LogP contribution is 2.45. The fourth-order valence-corrected chi connectivity index (χ4v) is 14.3. The van der Waals surface area contributed by atoms with Gasteiger partial charge in [0.2, 0.25) is 0 Å². The number of aliphatic hydroxyl groups excluding tert-OH is 1. The average molecular weight is 1480 g/mol. The number of phosphoric acid groups is 2. The van der Waals surface area contributed by atoms with Crippen LogP contribution in [-0.2, 0) is 65.4 Å². The van der Waals surface area contributed by atoms with Crippen LogP contribution in [0.5, 0.6) is 0 Å². The van der Waals surface area contributed by atoms with Crippen molar-refractivity contribution in [3.8, 4) is 0 Å². The van der Waals surface area contributed by atoms with Gasteiger partial charge in [-0.05, 0) is 37.5 Å². The van der Waals surface area contributed by atoms with Gasteiger partial charge in [0.25, 0.3) is 0 Å². The molecule has 0 saturated carbocycles. The Hall–Kier alpha value is -1.94. The summed E-state index contributed by atoms with van der Waals surface area (Å²) in [7, 11) is -9.92. The molecule has 17 nitrogen and oxygen atoms in total. The van der Waals surface area contributed by atoms with Crippen LogP contribution in [0, 0.1) is 11.8 Å². The lowest BCUT2D eigenvalue weighted by Crippen LogP contribution is -2.30.